The van der Waals surface area contributed by atoms with Gasteiger partial charge >= 0.3 is 0 Å². The summed E-state index contributed by atoms with van der Waals surface area (Å²) in [6.07, 6.45) is 2.36. The standard InChI is InChI=1S/2C10H11Cl2F2N3/c2*1-6-5-17(3-2-10(6,13)14)9-15-4-7(11)8(12)16-9/h2*4,6H,2-3,5H2,1H3/t2*6-/m10/s1. The van der Waals surface area contributed by atoms with Crippen molar-refractivity contribution in [3.63, 3.8) is 0 Å². The van der Waals surface area contributed by atoms with E-state index in [1.807, 2.05) is 0 Å². The van der Waals surface area contributed by atoms with Crippen LogP contribution < -0.4 is 9.80 Å². The molecule has 4 rings (SSSR count). The Hall–Kier alpha value is -1.36. The lowest BCUT2D eigenvalue weighted by Crippen LogP contribution is -2.46. The average Bonchev–Trinajstić information content (AvgIpc) is 2.76. The number of halogens is 8. The monoisotopic (exact) mass is 562 g/mol. The van der Waals surface area contributed by atoms with Crippen molar-refractivity contribution in [3.05, 3.63) is 32.7 Å². The third kappa shape index (κ3) is 6.44. The van der Waals surface area contributed by atoms with Crippen molar-refractivity contribution in [2.24, 2.45) is 11.8 Å². The van der Waals surface area contributed by atoms with Crippen LogP contribution in [-0.2, 0) is 0 Å². The molecule has 0 bridgehead atoms. The predicted octanol–water partition coefficient (Wildman–Crippen LogP) is 6.53. The van der Waals surface area contributed by atoms with E-state index in [1.165, 1.54) is 26.2 Å². The Morgan fingerprint density at radius 2 is 1.09 bits per heavy atom. The number of rotatable bonds is 2. The molecule has 188 valence electrons. The first-order valence-corrected chi connectivity index (χ1v) is 11.9. The minimum Gasteiger partial charge on any atom is -0.340 e. The van der Waals surface area contributed by atoms with Crippen LogP contribution in [0.2, 0.25) is 20.4 Å². The van der Waals surface area contributed by atoms with Crippen LogP contribution in [0.3, 0.4) is 0 Å². The minimum atomic E-state index is -2.62. The molecule has 0 aliphatic carbocycles. The minimum absolute atomic E-state index is 0.140. The van der Waals surface area contributed by atoms with Gasteiger partial charge in [-0.25, -0.2) is 27.5 Å². The molecule has 2 fully saturated rings. The molecule has 2 aromatic heterocycles. The average molecular weight is 564 g/mol. The number of hydrogen-bond acceptors (Lipinski definition) is 6. The van der Waals surface area contributed by atoms with E-state index in [0.717, 1.165) is 0 Å². The highest BCUT2D eigenvalue weighted by atomic mass is 35.5. The zero-order valence-electron chi connectivity index (χ0n) is 18.3. The lowest BCUT2D eigenvalue weighted by atomic mass is 9.96. The Morgan fingerprint density at radius 1 is 0.735 bits per heavy atom. The molecule has 0 amide bonds. The van der Waals surface area contributed by atoms with Crippen molar-refractivity contribution < 1.29 is 17.6 Å². The Bertz CT molecular complexity index is 936. The summed E-state index contributed by atoms with van der Waals surface area (Å²) in [7, 11) is 0. The smallest absolute Gasteiger partial charge is 0.254 e. The van der Waals surface area contributed by atoms with Gasteiger partial charge in [0.15, 0.2) is 10.3 Å². The molecule has 0 spiro atoms. The van der Waals surface area contributed by atoms with Crippen LogP contribution in [-0.4, -0.2) is 58.0 Å². The van der Waals surface area contributed by atoms with E-state index in [1.54, 1.807) is 9.80 Å². The fraction of sp³-hybridized carbons (Fsp3) is 0.600. The van der Waals surface area contributed by atoms with Gasteiger partial charge in [0.25, 0.3) is 11.8 Å². The highest BCUT2D eigenvalue weighted by Gasteiger charge is 2.42. The van der Waals surface area contributed by atoms with Crippen LogP contribution >= 0.6 is 46.4 Å². The van der Waals surface area contributed by atoms with Crippen LogP contribution in [0.25, 0.3) is 0 Å². The summed E-state index contributed by atoms with van der Waals surface area (Å²) in [6.45, 7) is 3.90. The second kappa shape index (κ2) is 10.7. The van der Waals surface area contributed by atoms with Gasteiger partial charge < -0.3 is 9.80 Å². The van der Waals surface area contributed by atoms with Crippen molar-refractivity contribution in [1.29, 1.82) is 0 Å². The van der Waals surface area contributed by atoms with Crippen molar-refractivity contribution in [3.8, 4) is 0 Å². The van der Waals surface area contributed by atoms with Crippen LogP contribution in [0, 0.1) is 11.8 Å². The van der Waals surface area contributed by atoms with Crippen molar-refractivity contribution >= 4 is 58.3 Å². The van der Waals surface area contributed by atoms with Gasteiger partial charge in [0.1, 0.15) is 0 Å². The highest BCUT2D eigenvalue weighted by molar-refractivity contribution is 6.41. The topological polar surface area (TPSA) is 58.0 Å². The van der Waals surface area contributed by atoms with Crippen molar-refractivity contribution in [1.82, 2.24) is 19.9 Å². The summed E-state index contributed by atoms with van der Waals surface area (Å²) in [5.74, 6) is -5.99. The molecule has 2 aliphatic heterocycles. The van der Waals surface area contributed by atoms with E-state index < -0.39 is 23.7 Å². The molecule has 6 nitrogen and oxygen atoms in total. The van der Waals surface area contributed by atoms with Gasteiger partial charge in [0, 0.05) is 50.9 Å². The van der Waals surface area contributed by atoms with E-state index in [4.69, 9.17) is 46.4 Å². The van der Waals surface area contributed by atoms with Gasteiger partial charge in [-0.1, -0.05) is 60.3 Å². The van der Waals surface area contributed by atoms with E-state index >= 15 is 0 Å². The van der Waals surface area contributed by atoms with Gasteiger partial charge in [-0.2, -0.15) is 9.97 Å². The molecule has 0 aromatic carbocycles. The van der Waals surface area contributed by atoms with E-state index in [0.29, 0.717) is 11.9 Å². The zero-order chi connectivity index (χ0) is 25.3. The second-order valence-corrected chi connectivity index (χ2v) is 9.86. The van der Waals surface area contributed by atoms with Crippen molar-refractivity contribution in [2.75, 3.05) is 36.0 Å². The molecule has 0 radical (unpaired) electrons. The zero-order valence-corrected chi connectivity index (χ0v) is 21.3. The number of alkyl halides is 4. The van der Waals surface area contributed by atoms with Crippen molar-refractivity contribution in [2.45, 2.75) is 38.5 Å². The molecule has 4 heterocycles. The maximum Gasteiger partial charge on any atom is 0.254 e. The number of anilines is 2. The number of aromatic nitrogens is 4. The maximum absolute atomic E-state index is 13.3. The van der Waals surface area contributed by atoms with Gasteiger partial charge in [0.2, 0.25) is 11.9 Å². The Kier molecular flexibility index (Phi) is 8.59. The molecule has 34 heavy (non-hydrogen) atoms. The molecule has 14 heteroatoms. The summed E-state index contributed by atoms with van der Waals surface area (Å²) in [6, 6.07) is 0. The third-order valence-corrected chi connectivity index (χ3v) is 7.13. The highest BCUT2D eigenvalue weighted by Crippen LogP contribution is 2.35. The molecule has 2 aliphatic rings. The first kappa shape index (κ1) is 27.2. The normalized spacial score (nSPS) is 23.8. The summed E-state index contributed by atoms with van der Waals surface area (Å²) in [5, 5.41) is 0.792. The summed E-state index contributed by atoms with van der Waals surface area (Å²) >= 11 is 22.9. The predicted molar refractivity (Wildman–Crippen MR) is 126 cm³/mol. The summed E-state index contributed by atoms with van der Waals surface area (Å²) in [4.78, 5) is 19.4. The Morgan fingerprint density at radius 3 is 1.38 bits per heavy atom. The van der Waals surface area contributed by atoms with Gasteiger partial charge in [-0.15, -0.1) is 0 Å². The number of hydrogen-bond donors (Lipinski definition) is 0. The van der Waals surface area contributed by atoms with E-state index in [9.17, 15) is 17.6 Å². The molecular formula is C20H22Cl4F4N6. The van der Waals surface area contributed by atoms with Crippen LogP contribution in [0.4, 0.5) is 29.5 Å². The Balaban J connectivity index is 0.000000191. The Labute approximate surface area is 214 Å². The second-order valence-electron chi connectivity index (χ2n) is 8.33. The molecule has 0 N–H and O–H groups in total. The van der Waals surface area contributed by atoms with E-state index in [-0.39, 0.29) is 59.4 Å². The van der Waals surface area contributed by atoms with Gasteiger partial charge in [-0.05, 0) is 0 Å². The number of piperidine rings is 2. The fourth-order valence-electron chi connectivity index (χ4n) is 3.52. The largest absolute Gasteiger partial charge is 0.340 e. The molecular weight excluding hydrogens is 542 g/mol. The summed E-state index contributed by atoms with van der Waals surface area (Å²) < 4.78 is 53.3. The maximum atomic E-state index is 13.3. The van der Waals surface area contributed by atoms with Gasteiger partial charge in [-0.3, -0.25) is 0 Å². The third-order valence-electron chi connectivity index (χ3n) is 5.80. The SMILES string of the molecule is C[C@@H]1CN(c2ncc(Cl)c(Cl)n2)CCC1(F)F.C[C@H]1CN(c2ncc(Cl)c(Cl)n2)CCC1(F)F. The molecule has 2 atom stereocenters. The molecule has 0 unspecified atom stereocenters. The van der Waals surface area contributed by atoms with Crippen LogP contribution in [0.1, 0.15) is 26.7 Å². The quantitative estimate of drug-likeness (QED) is 0.306. The van der Waals surface area contributed by atoms with E-state index in [2.05, 4.69) is 19.9 Å². The lowest BCUT2D eigenvalue weighted by molar-refractivity contribution is -0.0657. The van der Waals surface area contributed by atoms with Gasteiger partial charge in [0.05, 0.1) is 22.4 Å². The first-order valence-electron chi connectivity index (χ1n) is 10.4. The molecule has 2 saturated heterocycles. The molecule has 0 saturated carbocycles. The first-order chi connectivity index (χ1) is 15.8. The molecule has 2 aromatic rings. The summed E-state index contributed by atoms with van der Waals surface area (Å²) in [5.41, 5.74) is 0. The lowest BCUT2D eigenvalue weighted by Gasteiger charge is -2.36. The van der Waals surface area contributed by atoms with Crippen LogP contribution in [0.15, 0.2) is 12.4 Å². The fourth-order valence-corrected chi connectivity index (χ4v) is 3.95. The number of nitrogens with zero attached hydrogens (tertiary/aromatic N) is 6. The van der Waals surface area contributed by atoms with Crippen LogP contribution in [0.5, 0.6) is 0 Å².